The summed E-state index contributed by atoms with van der Waals surface area (Å²) in [4.78, 5) is 31.3. The SMILES string of the molecule is COc1ccc2[nH]cc(CCN3C(=O)C(=O)C(=C(O)c4ccc(C)cc4)[C@@H]3c3ccccc3Cl)c2c1. The van der Waals surface area contributed by atoms with Gasteiger partial charge in [0.05, 0.1) is 18.7 Å². The van der Waals surface area contributed by atoms with E-state index in [0.717, 1.165) is 27.8 Å². The topological polar surface area (TPSA) is 82.6 Å². The molecule has 1 aliphatic heterocycles. The molecule has 1 fully saturated rings. The Morgan fingerprint density at radius 2 is 1.83 bits per heavy atom. The predicted molar refractivity (Wildman–Crippen MR) is 140 cm³/mol. The molecule has 36 heavy (non-hydrogen) atoms. The molecule has 3 aromatic carbocycles. The van der Waals surface area contributed by atoms with Crippen LogP contribution in [-0.2, 0) is 16.0 Å². The van der Waals surface area contributed by atoms with Crippen LogP contribution in [0.1, 0.15) is 28.3 Å². The van der Waals surface area contributed by atoms with E-state index >= 15 is 0 Å². The van der Waals surface area contributed by atoms with Crippen LogP contribution in [-0.4, -0.2) is 40.3 Å². The Morgan fingerprint density at radius 1 is 1.08 bits per heavy atom. The summed E-state index contributed by atoms with van der Waals surface area (Å²) in [5.41, 5.74) is 4.06. The molecule has 1 amide bonds. The zero-order valence-corrected chi connectivity index (χ0v) is 20.7. The van der Waals surface area contributed by atoms with Crippen LogP contribution in [0.4, 0.5) is 0 Å². The van der Waals surface area contributed by atoms with Gasteiger partial charge in [0.2, 0.25) is 0 Å². The number of aromatic nitrogens is 1. The van der Waals surface area contributed by atoms with Crippen molar-refractivity contribution >= 4 is 40.0 Å². The first-order valence-corrected chi connectivity index (χ1v) is 12.0. The molecule has 0 radical (unpaired) electrons. The lowest BCUT2D eigenvalue weighted by molar-refractivity contribution is -0.139. The molecule has 0 spiro atoms. The summed E-state index contributed by atoms with van der Waals surface area (Å²) >= 11 is 6.54. The van der Waals surface area contributed by atoms with Crippen LogP contribution in [0.25, 0.3) is 16.7 Å². The number of nitrogens with one attached hydrogen (secondary N) is 1. The number of H-pyrrole nitrogens is 1. The molecule has 1 aliphatic rings. The van der Waals surface area contributed by atoms with Gasteiger partial charge in [0.1, 0.15) is 11.5 Å². The Balaban J connectivity index is 1.56. The van der Waals surface area contributed by atoms with E-state index in [9.17, 15) is 14.7 Å². The van der Waals surface area contributed by atoms with E-state index < -0.39 is 17.7 Å². The van der Waals surface area contributed by atoms with Crippen LogP contribution in [0.2, 0.25) is 5.02 Å². The van der Waals surface area contributed by atoms with Gasteiger partial charge in [-0.1, -0.05) is 59.6 Å². The number of aryl methyl sites for hydroxylation is 1. The van der Waals surface area contributed by atoms with E-state index in [4.69, 9.17) is 16.3 Å². The third-order valence-electron chi connectivity index (χ3n) is 6.66. The number of hydrogen-bond donors (Lipinski definition) is 2. The number of benzene rings is 3. The number of aliphatic hydroxyl groups is 1. The Hall–Kier alpha value is -4.03. The molecule has 1 atom stereocenters. The standard InChI is InChI=1S/C29H25ClN2O4/c1-17-7-9-18(10-8-17)27(33)25-26(21-5-3-4-6-23(21)30)32(29(35)28(25)34)14-13-19-16-31-24-12-11-20(36-2)15-22(19)24/h3-12,15-16,26,31,33H,13-14H2,1-2H3/t26-/m0/s1. The highest BCUT2D eigenvalue weighted by molar-refractivity contribution is 6.47. The summed E-state index contributed by atoms with van der Waals surface area (Å²) < 4.78 is 5.36. The zero-order chi connectivity index (χ0) is 25.4. The number of carbonyl (C=O) groups excluding carboxylic acids is 2. The van der Waals surface area contributed by atoms with Crippen LogP contribution in [0.5, 0.6) is 5.75 Å². The number of rotatable bonds is 6. The van der Waals surface area contributed by atoms with Crippen LogP contribution in [0.15, 0.2) is 78.5 Å². The lowest BCUT2D eigenvalue weighted by atomic mass is 9.95. The number of ketones is 1. The average Bonchev–Trinajstić information content (AvgIpc) is 3.40. The normalized spacial score (nSPS) is 17.2. The number of carbonyl (C=O) groups is 2. The number of halogens is 1. The summed E-state index contributed by atoms with van der Waals surface area (Å²) in [7, 11) is 1.62. The number of nitrogens with zero attached hydrogens (tertiary/aromatic N) is 1. The molecule has 0 bridgehead atoms. The molecule has 0 unspecified atom stereocenters. The quantitative estimate of drug-likeness (QED) is 0.199. The number of hydrogen-bond acceptors (Lipinski definition) is 4. The average molecular weight is 501 g/mol. The van der Waals surface area contributed by atoms with E-state index in [1.807, 2.05) is 43.5 Å². The van der Waals surface area contributed by atoms with Gasteiger partial charge in [-0.25, -0.2) is 0 Å². The van der Waals surface area contributed by atoms with Gasteiger partial charge < -0.3 is 19.7 Å². The van der Waals surface area contributed by atoms with Crippen LogP contribution >= 0.6 is 11.6 Å². The number of likely N-dealkylation sites (tertiary alicyclic amines) is 1. The summed E-state index contributed by atoms with van der Waals surface area (Å²) in [5, 5.41) is 12.6. The van der Waals surface area contributed by atoms with Crippen molar-refractivity contribution < 1.29 is 19.4 Å². The van der Waals surface area contributed by atoms with Crippen LogP contribution in [0, 0.1) is 6.92 Å². The number of Topliss-reactive ketones (excluding diaryl/α,β-unsaturated/α-hetero) is 1. The van der Waals surface area contributed by atoms with Crippen LogP contribution in [0.3, 0.4) is 0 Å². The molecule has 0 saturated carbocycles. The molecule has 6 nitrogen and oxygen atoms in total. The van der Waals surface area contributed by atoms with Crippen molar-refractivity contribution in [2.45, 2.75) is 19.4 Å². The van der Waals surface area contributed by atoms with E-state index in [0.29, 0.717) is 22.6 Å². The Bertz CT molecular complexity index is 1500. The molecule has 2 N–H and O–H groups in total. The van der Waals surface area contributed by atoms with E-state index in [2.05, 4.69) is 4.98 Å². The molecule has 7 heteroatoms. The summed E-state index contributed by atoms with van der Waals surface area (Å²) in [6.07, 6.45) is 2.39. The van der Waals surface area contributed by atoms with Gasteiger partial charge in [0.25, 0.3) is 11.7 Å². The van der Waals surface area contributed by atoms with Gasteiger partial charge in [-0.2, -0.15) is 0 Å². The largest absolute Gasteiger partial charge is 0.507 e. The molecule has 5 rings (SSSR count). The van der Waals surface area contributed by atoms with Crippen molar-refractivity contribution in [1.82, 2.24) is 9.88 Å². The molecule has 4 aromatic rings. The first kappa shape index (κ1) is 23.7. The monoisotopic (exact) mass is 500 g/mol. The van der Waals surface area contributed by atoms with Gasteiger partial charge in [-0.05, 0) is 48.7 Å². The summed E-state index contributed by atoms with van der Waals surface area (Å²) in [6.45, 7) is 2.20. The molecule has 0 aliphatic carbocycles. The molecule has 1 aromatic heterocycles. The Labute approximate surface area is 213 Å². The third-order valence-corrected chi connectivity index (χ3v) is 7.01. The number of aliphatic hydroxyl groups excluding tert-OH is 1. The molecule has 182 valence electrons. The van der Waals surface area contributed by atoms with Gasteiger partial charge in [0, 0.05) is 34.2 Å². The van der Waals surface area contributed by atoms with E-state index in [1.54, 1.807) is 43.5 Å². The van der Waals surface area contributed by atoms with Gasteiger partial charge >= 0.3 is 0 Å². The second-order valence-corrected chi connectivity index (χ2v) is 9.26. The first-order valence-electron chi connectivity index (χ1n) is 11.6. The highest BCUT2D eigenvalue weighted by atomic mass is 35.5. The second kappa shape index (κ2) is 9.55. The number of fused-ring (bicyclic) bond motifs is 1. The van der Waals surface area contributed by atoms with E-state index in [1.165, 1.54) is 4.90 Å². The first-order chi connectivity index (χ1) is 17.4. The number of amides is 1. The fourth-order valence-corrected chi connectivity index (χ4v) is 4.97. The fraction of sp³-hybridized carbons (Fsp3) is 0.172. The molecule has 1 saturated heterocycles. The maximum Gasteiger partial charge on any atom is 0.295 e. The van der Waals surface area contributed by atoms with Crippen LogP contribution < -0.4 is 4.74 Å². The van der Waals surface area contributed by atoms with Crippen molar-refractivity contribution in [1.29, 1.82) is 0 Å². The van der Waals surface area contributed by atoms with Crippen molar-refractivity contribution in [3.63, 3.8) is 0 Å². The molecular weight excluding hydrogens is 476 g/mol. The summed E-state index contributed by atoms with van der Waals surface area (Å²) in [6, 6.07) is 19.2. The van der Waals surface area contributed by atoms with Crippen molar-refractivity contribution in [3.8, 4) is 5.75 Å². The Morgan fingerprint density at radius 3 is 2.56 bits per heavy atom. The number of ether oxygens (including phenoxy) is 1. The van der Waals surface area contributed by atoms with Crippen molar-refractivity contribution in [2.24, 2.45) is 0 Å². The lowest BCUT2D eigenvalue weighted by Gasteiger charge is -2.26. The number of methoxy groups -OCH3 is 1. The minimum Gasteiger partial charge on any atom is -0.507 e. The number of aromatic amines is 1. The summed E-state index contributed by atoms with van der Waals surface area (Å²) in [5.74, 6) is -0.861. The lowest BCUT2D eigenvalue weighted by Crippen LogP contribution is -2.31. The Kier molecular flexibility index (Phi) is 6.29. The highest BCUT2D eigenvalue weighted by Gasteiger charge is 2.46. The fourth-order valence-electron chi connectivity index (χ4n) is 4.73. The highest BCUT2D eigenvalue weighted by Crippen LogP contribution is 2.42. The van der Waals surface area contributed by atoms with Gasteiger partial charge in [-0.15, -0.1) is 0 Å². The third kappa shape index (κ3) is 4.14. The maximum absolute atomic E-state index is 13.3. The van der Waals surface area contributed by atoms with Crippen molar-refractivity contribution in [3.05, 3.63) is 106 Å². The second-order valence-electron chi connectivity index (χ2n) is 8.86. The predicted octanol–water partition coefficient (Wildman–Crippen LogP) is 5.80. The molecule has 2 heterocycles. The van der Waals surface area contributed by atoms with Gasteiger partial charge in [-0.3, -0.25) is 9.59 Å². The van der Waals surface area contributed by atoms with Crippen molar-refractivity contribution in [2.75, 3.05) is 13.7 Å². The molecular formula is C29H25ClN2O4. The maximum atomic E-state index is 13.3. The minimum absolute atomic E-state index is 0.0394. The van der Waals surface area contributed by atoms with E-state index in [-0.39, 0.29) is 17.9 Å². The zero-order valence-electron chi connectivity index (χ0n) is 19.9. The minimum atomic E-state index is -0.806. The van der Waals surface area contributed by atoms with Gasteiger partial charge in [0.15, 0.2) is 0 Å². The smallest absolute Gasteiger partial charge is 0.295 e.